The molecule has 0 radical (unpaired) electrons. The number of hydrogen-bond donors (Lipinski definition) is 1. The third-order valence-corrected chi connectivity index (χ3v) is 3.76. The van der Waals surface area contributed by atoms with Crippen LogP contribution in [0, 0.1) is 0 Å². The Morgan fingerprint density at radius 3 is 2.32 bits per heavy atom. The molecule has 1 unspecified atom stereocenters. The number of hydrogen-bond acceptors (Lipinski definition) is 2. The van der Waals surface area contributed by atoms with Gasteiger partial charge in [0.1, 0.15) is 17.6 Å². The number of benzene rings is 2. The fraction of sp³-hybridized carbons (Fsp3) is 0.400. The van der Waals surface area contributed by atoms with Crippen LogP contribution in [0.2, 0.25) is 0 Å². The first-order chi connectivity index (χ1) is 10.4. The molecule has 2 heteroatoms. The minimum Gasteiger partial charge on any atom is -0.508 e. The molecule has 0 bridgehead atoms. The van der Waals surface area contributed by atoms with Crippen molar-refractivity contribution in [3.63, 3.8) is 0 Å². The monoisotopic (exact) mass is 298 g/mol. The Labute approximate surface area is 133 Å². The van der Waals surface area contributed by atoms with Gasteiger partial charge in [-0.2, -0.15) is 0 Å². The third kappa shape index (κ3) is 4.27. The molecule has 2 aromatic carbocycles. The van der Waals surface area contributed by atoms with E-state index in [1.54, 1.807) is 6.07 Å². The van der Waals surface area contributed by atoms with Crippen LogP contribution in [0.1, 0.15) is 57.8 Å². The van der Waals surface area contributed by atoms with E-state index < -0.39 is 0 Å². The fourth-order valence-electron chi connectivity index (χ4n) is 2.47. The highest BCUT2D eigenvalue weighted by atomic mass is 16.5. The quantitative estimate of drug-likeness (QED) is 0.777. The van der Waals surface area contributed by atoms with Crippen molar-refractivity contribution >= 4 is 0 Å². The Bertz CT molecular complexity index is 597. The lowest BCUT2D eigenvalue weighted by molar-refractivity contribution is 0.193. The van der Waals surface area contributed by atoms with E-state index in [1.807, 2.05) is 30.3 Å². The minimum atomic E-state index is -0.0240. The zero-order chi connectivity index (χ0) is 16.2. The van der Waals surface area contributed by atoms with Gasteiger partial charge in [0, 0.05) is 6.07 Å². The first-order valence-corrected chi connectivity index (χ1v) is 7.96. The van der Waals surface area contributed by atoms with Gasteiger partial charge in [0.2, 0.25) is 0 Å². The lowest BCUT2D eigenvalue weighted by Gasteiger charge is -2.23. The SMILES string of the molecule is CCCC(Oc1cc(O)cc(C(C)(C)C)c1)c1ccccc1. The van der Waals surface area contributed by atoms with Gasteiger partial charge in [0.05, 0.1) is 0 Å². The summed E-state index contributed by atoms with van der Waals surface area (Å²) in [6.45, 7) is 8.55. The molecule has 0 saturated heterocycles. The average molecular weight is 298 g/mol. The van der Waals surface area contributed by atoms with E-state index >= 15 is 0 Å². The smallest absolute Gasteiger partial charge is 0.124 e. The molecule has 2 rings (SSSR count). The van der Waals surface area contributed by atoms with E-state index in [4.69, 9.17) is 4.74 Å². The third-order valence-electron chi connectivity index (χ3n) is 3.76. The van der Waals surface area contributed by atoms with E-state index in [9.17, 15) is 5.11 Å². The topological polar surface area (TPSA) is 29.5 Å². The van der Waals surface area contributed by atoms with Crippen molar-refractivity contribution in [2.24, 2.45) is 0 Å². The highest BCUT2D eigenvalue weighted by Crippen LogP contribution is 2.33. The van der Waals surface area contributed by atoms with Crippen molar-refractivity contribution in [2.45, 2.75) is 52.1 Å². The molecule has 2 nitrogen and oxygen atoms in total. The molecule has 0 aliphatic rings. The van der Waals surface area contributed by atoms with Gasteiger partial charge in [-0.3, -0.25) is 0 Å². The molecule has 0 aliphatic heterocycles. The summed E-state index contributed by atoms with van der Waals surface area (Å²) < 4.78 is 6.20. The molecule has 1 N–H and O–H groups in total. The van der Waals surface area contributed by atoms with Gasteiger partial charge in [-0.15, -0.1) is 0 Å². The number of rotatable bonds is 5. The maximum absolute atomic E-state index is 9.99. The minimum absolute atomic E-state index is 0.0146. The van der Waals surface area contributed by atoms with E-state index in [-0.39, 0.29) is 17.3 Å². The van der Waals surface area contributed by atoms with Crippen LogP contribution in [-0.4, -0.2) is 5.11 Å². The van der Waals surface area contributed by atoms with Gasteiger partial charge >= 0.3 is 0 Å². The molecule has 0 aromatic heterocycles. The van der Waals surface area contributed by atoms with Crippen LogP contribution in [0.4, 0.5) is 0 Å². The molecule has 2 aromatic rings. The second-order valence-corrected chi connectivity index (χ2v) is 6.77. The molecule has 22 heavy (non-hydrogen) atoms. The maximum atomic E-state index is 9.99. The zero-order valence-corrected chi connectivity index (χ0v) is 14.0. The molecular formula is C20H26O2. The highest BCUT2D eigenvalue weighted by molar-refractivity contribution is 5.40. The Morgan fingerprint density at radius 1 is 1.05 bits per heavy atom. The molecular weight excluding hydrogens is 272 g/mol. The predicted molar refractivity (Wildman–Crippen MR) is 91.5 cm³/mol. The van der Waals surface area contributed by atoms with E-state index in [0.717, 1.165) is 24.2 Å². The summed E-state index contributed by atoms with van der Waals surface area (Å²) in [6.07, 6.45) is 2.01. The van der Waals surface area contributed by atoms with Gasteiger partial charge < -0.3 is 9.84 Å². The number of phenols is 1. The summed E-state index contributed by atoms with van der Waals surface area (Å²) in [4.78, 5) is 0. The predicted octanol–water partition coefficient (Wildman–Crippen LogP) is 5.61. The lowest BCUT2D eigenvalue weighted by atomic mass is 9.87. The van der Waals surface area contributed by atoms with E-state index in [0.29, 0.717) is 0 Å². The van der Waals surface area contributed by atoms with Gasteiger partial charge in [-0.1, -0.05) is 64.4 Å². The first kappa shape index (κ1) is 16.4. The molecule has 0 heterocycles. The summed E-state index contributed by atoms with van der Waals surface area (Å²) in [5.74, 6) is 0.984. The van der Waals surface area contributed by atoms with Crippen LogP contribution in [0.25, 0.3) is 0 Å². The van der Waals surface area contributed by atoms with Gasteiger partial charge in [0.15, 0.2) is 0 Å². The van der Waals surface area contributed by atoms with Crippen LogP contribution >= 0.6 is 0 Å². The number of aromatic hydroxyl groups is 1. The van der Waals surface area contributed by atoms with Gasteiger partial charge in [-0.05, 0) is 35.1 Å². The van der Waals surface area contributed by atoms with Crippen molar-refractivity contribution in [1.29, 1.82) is 0 Å². The molecule has 1 atom stereocenters. The summed E-state index contributed by atoms with van der Waals surface area (Å²) >= 11 is 0. The standard InChI is InChI=1S/C20H26O2/c1-5-9-19(15-10-7-6-8-11-15)22-18-13-16(20(2,3)4)12-17(21)14-18/h6-8,10-14,19,21H,5,9H2,1-4H3. The molecule has 0 saturated carbocycles. The van der Waals surface area contributed by atoms with E-state index in [2.05, 4.69) is 39.8 Å². The number of ether oxygens (including phenoxy) is 1. The molecule has 0 amide bonds. The van der Waals surface area contributed by atoms with Crippen molar-refractivity contribution in [3.05, 3.63) is 59.7 Å². The van der Waals surface area contributed by atoms with E-state index in [1.165, 1.54) is 5.56 Å². The van der Waals surface area contributed by atoms with Crippen molar-refractivity contribution in [2.75, 3.05) is 0 Å². The Balaban J connectivity index is 2.29. The van der Waals surface area contributed by atoms with Crippen molar-refractivity contribution in [1.82, 2.24) is 0 Å². The second-order valence-electron chi connectivity index (χ2n) is 6.77. The summed E-state index contributed by atoms with van der Waals surface area (Å²) in [5, 5.41) is 9.99. The largest absolute Gasteiger partial charge is 0.508 e. The van der Waals surface area contributed by atoms with Gasteiger partial charge in [-0.25, -0.2) is 0 Å². The first-order valence-electron chi connectivity index (χ1n) is 7.96. The molecule has 0 spiro atoms. The fourth-order valence-corrected chi connectivity index (χ4v) is 2.47. The van der Waals surface area contributed by atoms with Crippen molar-refractivity contribution < 1.29 is 9.84 Å². The normalized spacial score (nSPS) is 12.9. The summed E-state index contributed by atoms with van der Waals surface area (Å²) in [5.41, 5.74) is 2.22. The summed E-state index contributed by atoms with van der Waals surface area (Å²) in [6, 6.07) is 15.8. The zero-order valence-electron chi connectivity index (χ0n) is 14.0. The lowest BCUT2D eigenvalue weighted by Crippen LogP contribution is -2.12. The van der Waals surface area contributed by atoms with Crippen LogP contribution < -0.4 is 4.74 Å². The Morgan fingerprint density at radius 2 is 1.73 bits per heavy atom. The molecule has 118 valence electrons. The van der Waals surface area contributed by atoms with Crippen LogP contribution in [-0.2, 0) is 5.41 Å². The van der Waals surface area contributed by atoms with Crippen molar-refractivity contribution in [3.8, 4) is 11.5 Å². The van der Waals surface area contributed by atoms with Crippen LogP contribution in [0.5, 0.6) is 11.5 Å². The maximum Gasteiger partial charge on any atom is 0.124 e. The Kier molecular flexibility index (Phi) is 5.12. The van der Waals surface area contributed by atoms with Crippen LogP contribution in [0.15, 0.2) is 48.5 Å². The highest BCUT2D eigenvalue weighted by Gasteiger charge is 2.18. The Hall–Kier alpha value is -1.96. The molecule has 0 aliphatic carbocycles. The second kappa shape index (κ2) is 6.87. The average Bonchev–Trinajstić information content (AvgIpc) is 2.46. The summed E-state index contributed by atoms with van der Waals surface area (Å²) in [7, 11) is 0. The number of phenolic OH excluding ortho intramolecular Hbond substituents is 1. The molecule has 0 fully saturated rings. The van der Waals surface area contributed by atoms with Gasteiger partial charge in [0.25, 0.3) is 0 Å². The van der Waals surface area contributed by atoms with Crippen LogP contribution in [0.3, 0.4) is 0 Å².